The molecule has 0 bridgehead atoms. The van der Waals surface area contributed by atoms with Crippen LogP contribution in [0.15, 0.2) is 54.6 Å². The van der Waals surface area contributed by atoms with Crippen molar-refractivity contribution >= 4 is 29.1 Å². The highest BCUT2D eigenvalue weighted by Crippen LogP contribution is 2.26. The number of hydrogen-bond acceptors (Lipinski definition) is 4. The van der Waals surface area contributed by atoms with Gasteiger partial charge in [-0.05, 0) is 23.8 Å². The molecule has 7 heteroatoms. The average Bonchev–Trinajstić information content (AvgIpc) is 3.06. The molecule has 2 saturated heterocycles. The van der Waals surface area contributed by atoms with Gasteiger partial charge in [-0.1, -0.05) is 48.0 Å². The second-order valence-electron chi connectivity index (χ2n) is 6.01. The third-order valence-electron chi connectivity index (χ3n) is 4.51. The standard InChI is InChI=1S/C18H17ClN4O2/c19-15-9-5-4-6-13(15)12-23-17(25)16(24)22-11-10-21(18(22)20-23)14-7-2-1-3-8-14/h1-9,18,20H,10-12H2. The van der Waals surface area contributed by atoms with Gasteiger partial charge in [0, 0.05) is 23.8 Å². The Hall–Kier alpha value is -2.57. The summed E-state index contributed by atoms with van der Waals surface area (Å²) in [6.45, 7) is 1.41. The van der Waals surface area contributed by atoms with Crippen LogP contribution in [0.3, 0.4) is 0 Å². The van der Waals surface area contributed by atoms with E-state index in [9.17, 15) is 9.59 Å². The normalized spacial score (nSPS) is 20.2. The molecule has 1 N–H and O–H groups in total. The number of amides is 2. The van der Waals surface area contributed by atoms with Crippen LogP contribution in [-0.4, -0.2) is 41.1 Å². The fraction of sp³-hybridized carbons (Fsp3) is 0.222. The van der Waals surface area contributed by atoms with Gasteiger partial charge < -0.3 is 4.90 Å². The zero-order valence-corrected chi connectivity index (χ0v) is 14.2. The summed E-state index contributed by atoms with van der Waals surface area (Å²) in [4.78, 5) is 28.6. The van der Waals surface area contributed by atoms with Gasteiger partial charge in [0.2, 0.25) is 0 Å². The molecule has 0 radical (unpaired) electrons. The first-order chi connectivity index (χ1) is 12.1. The maximum atomic E-state index is 12.5. The van der Waals surface area contributed by atoms with E-state index in [2.05, 4.69) is 10.3 Å². The second kappa shape index (κ2) is 6.38. The third kappa shape index (κ3) is 2.83. The van der Waals surface area contributed by atoms with Gasteiger partial charge in [0.25, 0.3) is 0 Å². The number of carbonyl (C=O) groups is 2. The van der Waals surface area contributed by atoms with Crippen molar-refractivity contribution < 1.29 is 9.59 Å². The van der Waals surface area contributed by atoms with E-state index in [-0.39, 0.29) is 12.8 Å². The maximum absolute atomic E-state index is 12.5. The molecule has 2 heterocycles. The van der Waals surface area contributed by atoms with Gasteiger partial charge in [0.1, 0.15) is 0 Å². The van der Waals surface area contributed by atoms with Gasteiger partial charge in [0.15, 0.2) is 6.29 Å². The summed E-state index contributed by atoms with van der Waals surface area (Å²) >= 11 is 6.19. The summed E-state index contributed by atoms with van der Waals surface area (Å²) in [6, 6.07) is 17.1. The van der Waals surface area contributed by atoms with Crippen LogP contribution >= 0.6 is 11.6 Å². The van der Waals surface area contributed by atoms with E-state index >= 15 is 0 Å². The van der Waals surface area contributed by atoms with Gasteiger partial charge >= 0.3 is 11.8 Å². The molecule has 128 valence electrons. The monoisotopic (exact) mass is 356 g/mol. The van der Waals surface area contributed by atoms with Crippen LogP contribution in [0.1, 0.15) is 5.56 Å². The molecule has 0 saturated carbocycles. The van der Waals surface area contributed by atoms with Gasteiger partial charge in [-0.3, -0.25) is 19.5 Å². The van der Waals surface area contributed by atoms with Crippen molar-refractivity contribution in [2.45, 2.75) is 12.8 Å². The Bertz CT molecular complexity index is 814. The van der Waals surface area contributed by atoms with Crippen LogP contribution in [0.25, 0.3) is 0 Å². The minimum Gasteiger partial charge on any atom is -0.336 e. The Kier molecular flexibility index (Phi) is 4.07. The predicted molar refractivity (Wildman–Crippen MR) is 94.4 cm³/mol. The highest BCUT2D eigenvalue weighted by atomic mass is 35.5. The van der Waals surface area contributed by atoms with E-state index in [1.807, 2.05) is 48.5 Å². The molecule has 2 aromatic carbocycles. The number of hydrogen-bond donors (Lipinski definition) is 1. The summed E-state index contributed by atoms with van der Waals surface area (Å²) in [5.41, 5.74) is 4.97. The first-order valence-corrected chi connectivity index (χ1v) is 8.46. The second-order valence-corrected chi connectivity index (χ2v) is 6.42. The van der Waals surface area contributed by atoms with E-state index < -0.39 is 11.8 Å². The number of rotatable bonds is 3. The van der Waals surface area contributed by atoms with Crippen molar-refractivity contribution in [3.8, 4) is 0 Å². The quantitative estimate of drug-likeness (QED) is 0.852. The number of para-hydroxylation sites is 1. The van der Waals surface area contributed by atoms with Crippen LogP contribution < -0.4 is 10.3 Å². The Morgan fingerprint density at radius 2 is 1.60 bits per heavy atom. The Morgan fingerprint density at radius 1 is 0.920 bits per heavy atom. The zero-order chi connectivity index (χ0) is 17.4. The summed E-state index contributed by atoms with van der Waals surface area (Å²) < 4.78 is 0. The van der Waals surface area contributed by atoms with Gasteiger partial charge in [-0.2, -0.15) is 5.43 Å². The van der Waals surface area contributed by atoms with E-state index in [0.717, 1.165) is 11.3 Å². The number of anilines is 1. The first-order valence-electron chi connectivity index (χ1n) is 8.09. The number of hydrazine groups is 1. The lowest BCUT2D eigenvalue weighted by Crippen LogP contribution is -2.67. The van der Waals surface area contributed by atoms with Crippen molar-refractivity contribution in [3.05, 3.63) is 65.2 Å². The van der Waals surface area contributed by atoms with Crippen molar-refractivity contribution in [2.75, 3.05) is 18.0 Å². The lowest BCUT2D eigenvalue weighted by atomic mass is 10.2. The van der Waals surface area contributed by atoms with Crippen LogP contribution in [0.5, 0.6) is 0 Å². The summed E-state index contributed by atoms with van der Waals surface area (Å²) in [5.74, 6) is -1.06. The predicted octanol–water partition coefficient (Wildman–Crippen LogP) is 1.82. The highest BCUT2D eigenvalue weighted by Gasteiger charge is 2.45. The summed E-state index contributed by atoms with van der Waals surface area (Å²) in [5, 5.41) is 1.92. The van der Waals surface area contributed by atoms with E-state index in [1.54, 1.807) is 11.0 Å². The largest absolute Gasteiger partial charge is 0.336 e. The lowest BCUT2D eigenvalue weighted by molar-refractivity contribution is -0.163. The van der Waals surface area contributed by atoms with Gasteiger partial charge in [-0.25, -0.2) is 0 Å². The fourth-order valence-electron chi connectivity index (χ4n) is 3.22. The lowest BCUT2D eigenvalue weighted by Gasteiger charge is -2.40. The molecule has 1 atom stereocenters. The van der Waals surface area contributed by atoms with Gasteiger partial charge in [0.05, 0.1) is 6.54 Å². The fourth-order valence-corrected chi connectivity index (χ4v) is 3.42. The van der Waals surface area contributed by atoms with Crippen LogP contribution in [0, 0.1) is 0 Å². The summed E-state index contributed by atoms with van der Waals surface area (Å²) in [6.07, 6.45) is -0.380. The summed E-state index contributed by atoms with van der Waals surface area (Å²) in [7, 11) is 0. The molecular weight excluding hydrogens is 340 g/mol. The molecule has 6 nitrogen and oxygen atoms in total. The van der Waals surface area contributed by atoms with Crippen LogP contribution in [0.4, 0.5) is 5.69 Å². The molecule has 2 amide bonds. The van der Waals surface area contributed by atoms with E-state index in [4.69, 9.17) is 11.6 Å². The highest BCUT2D eigenvalue weighted by molar-refractivity contribution is 6.35. The molecule has 0 aliphatic carbocycles. The molecule has 25 heavy (non-hydrogen) atoms. The van der Waals surface area contributed by atoms with E-state index in [0.29, 0.717) is 18.1 Å². The Balaban J connectivity index is 1.60. The van der Waals surface area contributed by atoms with Crippen molar-refractivity contribution in [1.82, 2.24) is 15.3 Å². The molecule has 2 fully saturated rings. The zero-order valence-electron chi connectivity index (χ0n) is 13.4. The SMILES string of the molecule is O=C1C(=O)N2CCN(c3ccccc3)C2NN1Cc1ccccc1Cl. The van der Waals surface area contributed by atoms with Crippen LogP contribution in [-0.2, 0) is 16.1 Å². The number of halogens is 1. The molecule has 4 rings (SSSR count). The number of nitrogens with zero attached hydrogens (tertiary/aromatic N) is 3. The number of benzene rings is 2. The third-order valence-corrected chi connectivity index (χ3v) is 4.88. The smallest absolute Gasteiger partial charge is 0.326 e. The number of carbonyl (C=O) groups excluding carboxylic acids is 2. The molecule has 0 aromatic heterocycles. The number of nitrogens with one attached hydrogen (secondary N) is 1. The van der Waals surface area contributed by atoms with Crippen molar-refractivity contribution in [2.24, 2.45) is 0 Å². The minimum absolute atomic E-state index is 0.233. The minimum atomic E-state index is -0.564. The molecule has 2 aromatic rings. The van der Waals surface area contributed by atoms with Crippen LogP contribution in [0.2, 0.25) is 5.02 Å². The first kappa shape index (κ1) is 15.9. The number of fused-ring (bicyclic) bond motifs is 1. The Morgan fingerprint density at radius 3 is 2.36 bits per heavy atom. The molecular formula is C18H17ClN4O2. The van der Waals surface area contributed by atoms with E-state index in [1.165, 1.54) is 5.01 Å². The Labute approximate surface area is 150 Å². The molecule has 1 unspecified atom stereocenters. The van der Waals surface area contributed by atoms with Gasteiger partial charge in [-0.15, -0.1) is 0 Å². The maximum Gasteiger partial charge on any atom is 0.326 e. The average molecular weight is 357 g/mol. The topological polar surface area (TPSA) is 55.9 Å². The van der Waals surface area contributed by atoms with Crippen molar-refractivity contribution in [3.63, 3.8) is 0 Å². The molecule has 2 aliphatic rings. The molecule has 2 aliphatic heterocycles. The van der Waals surface area contributed by atoms with Crippen molar-refractivity contribution in [1.29, 1.82) is 0 Å². The molecule has 0 spiro atoms.